The van der Waals surface area contributed by atoms with Gasteiger partial charge in [0.05, 0.1) is 4.90 Å². The topological polar surface area (TPSA) is 46.2 Å². The fourth-order valence-corrected chi connectivity index (χ4v) is 4.07. The SMILES string of the molecule is CC1CCCCC1NS(=O)(=O)c1cccc(Cl)c1. The average Bonchev–Trinajstić information content (AvgIpc) is 2.32. The maximum atomic E-state index is 12.2. The van der Waals surface area contributed by atoms with Crippen LogP contribution in [0.1, 0.15) is 32.6 Å². The van der Waals surface area contributed by atoms with E-state index in [0.717, 1.165) is 19.3 Å². The number of benzene rings is 1. The van der Waals surface area contributed by atoms with E-state index in [1.54, 1.807) is 18.2 Å². The standard InChI is InChI=1S/C13H18ClNO2S/c1-10-5-2-3-8-13(10)15-18(16,17)12-7-4-6-11(14)9-12/h4,6-7,9-10,13,15H,2-3,5,8H2,1H3. The van der Waals surface area contributed by atoms with Crippen LogP contribution in [0.3, 0.4) is 0 Å². The monoisotopic (exact) mass is 287 g/mol. The zero-order valence-electron chi connectivity index (χ0n) is 10.4. The highest BCUT2D eigenvalue weighted by atomic mass is 35.5. The summed E-state index contributed by atoms with van der Waals surface area (Å²) in [5.74, 6) is 0.396. The zero-order chi connectivity index (χ0) is 13.2. The average molecular weight is 288 g/mol. The first-order chi connectivity index (χ1) is 8.49. The number of halogens is 1. The van der Waals surface area contributed by atoms with Crippen molar-refractivity contribution >= 4 is 21.6 Å². The minimum absolute atomic E-state index is 0.0442. The molecule has 0 aliphatic heterocycles. The van der Waals surface area contributed by atoms with Crippen LogP contribution in [0.15, 0.2) is 29.2 Å². The van der Waals surface area contributed by atoms with Gasteiger partial charge in [0.15, 0.2) is 0 Å². The number of hydrogen-bond donors (Lipinski definition) is 1. The van der Waals surface area contributed by atoms with Gasteiger partial charge in [-0.3, -0.25) is 0 Å². The van der Waals surface area contributed by atoms with Crippen molar-refractivity contribution in [1.82, 2.24) is 4.72 Å². The minimum atomic E-state index is -3.45. The Morgan fingerprint density at radius 2 is 2.00 bits per heavy atom. The second kappa shape index (κ2) is 5.59. The molecule has 100 valence electrons. The highest BCUT2D eigenvalue weighted by Gasteiger charge is 2.26. The fraction of sp³-hybridized carbons (Fsp3) is 0.538. The smallest absolute Gasteiger partial charge is 0.208 e. The van der Waals surface area contributed by atoms with Crippen molar-refractivity contribution in [2.45, 2.75) is 43.5 Å². The summed E-state index contributed by atoms with van der Waals surface area (Å²) in [7, 11) is -3.45. The van der Waals surface area contributed by atoms with Crippen LogP contribution < -0.4 is 4.72 Å². The summed E-state index contributed by atoms with van der Waals surface area (Å²) in [6.07, 6.45) is 4.29. The van der Waals surface area contributed by atoms with Gasteiger partial charge >= 0.3 is 0 Å². The molecule has 3 nitrogen and oxygen atoms in total. The van der Waals surface area contributed by atoms with Gasteiger partial charge in [0.25, 0.3) is 0 Å². The zero-order valence-corrected chi connectivity index (χ0v) is 12.0. The van der Waals surface area contributed by atoms with Gasteiger partial charge in [-0.2, -0.15) is 0 Å². The lowest BCUT2D eigenvalue weighted by Gasteiger charge is -2.29. The van der Waals surface area contributed by atoms with Crippen LogP contribution >= 0.6 is 11.6 Å². The molecule has 0 bridgehead atoms. The third-order valence-electron chi connectivity index (χ3n) is 3.52. The molecule has 1 fully saturated rings. The van der Waals surface area contributed by atoms with Crippen molar-refractivity contribution in [3.8, 4) is 0 Å². The molecule has 2 unspecified atom stereocenters. The van der Waals surface area contributed by atoms with E-state index >= 15 is 0 Å². The largest absolute Gasteiger partial charge is 0.240 e. The van der Waals surface area contributed by atoms with Gasteiger partial charge in [-0.25, -0.2) is 13.1 Å². The second-order valence-corrected chi connectivity index (χ2v) is 7.10. The Hall–Kier alpha value is -0.580. The molecule has 1 aromatic rings. The quantitative estimate of drug-likeness (QED) is 0.928. The van der Waals surface area contributed by atoms with Gasteiger partial charge in [-0.05, 0) is 37.0 Å². The molecule has 0 heterocycles. The highest BCUT2D eigenvalue weighted by molar-refractivity contribution is 7.89. The van der Waals surface area contributed by atoms with Crippen molar-refractivity contribution in [2.75, 3.05) is 0 Å². The van der Waals surface area contributed by atoms with Gasteiger partial charge in [0.2, 0.25) is 10.0 Å². The third kappa shape index (κ3) is 3.25. The predicted molar refractivity (Wildman–Crippen MR) is 73.2 cm³/mol. The molecular weight excluding hydrogens is 270 g/mol. The van der Waals surface area contributed by atoms with Gasteiger partial charge in [0, 0.05) is 11.1 Å². The summed E-state index contributed by atoms with van der Waals surface area (Å²) in [6, 6.07) is 6.42. The van der Waals surface area contributed by atoms with E-state index in [1.165, 1.54) is 12.5 Å². The minimum Gasteiger partial charge on any atom is -0.208 e. The Labute approximate surface area is 114 Å². The molecule has 2 atom stereocenters. The van der Waals surface area contributed by atoms with Crippen LogP contribution in [-0.4, -0.2) is 14.5 Å². The van der Waals surface area contributed by atoms with Crippen LogP contribution in [0, 0.1) is 5.92 Å². The van der Waals surface area contributed by atoms with E-state index in [0.29, 0.717) is 10.9 Å². The summed E-state index contributed by atoms with van der Waals surface area (Å²) in [5, 5.41) is 0.439. The van der Waals surface area contributed by atoms with E-state index in [-0.39, 0.29) is 10.9 Å². The maximum Gasteiger partial charge on any atom is 0.240 e. The molecule has 18 heavy (non-hydrogen) atoms. The van der Waals surface area contributed by atoms with Crippen LogP contribution in [-0.2, 0) is 10.0 Å². The van der Waals surface area contributed by atoms with Crippen LogP contribution in [0.5, 0.6) is 0 Å². The third-order valence-corrected chi connectivity index (χ3v) is 5.25. The highest BCUT2D eigenvalue weighted by Crippen LogP contribution is 2.25. The van der Waals surface area contributed by atoms with Crippen LogP contribution in [0.4, 0.5) is 0 Å². The Kier molecular flexibility index (Phi) is 4.30. The molecule has 0 saturated heterocycles. The molecule has 1 aliphatic rings. The van der Waals surface area contributed by atoms with Gasteiger partial charge in [-0.1, -0.05) is 37.4 Å². The molecule has 0 radical (unpaired) electrons. The Morgan fingerprint density at radius 1 is 1.28 bits per heavy atom. The van der Waals surface area contributed by atoms with Gasteiger partial charge < -0.3 is 0 Å². The van der Waals surface area contributed by atoms with Gasteiger partial charge in [0.1, 0.15) is 0 Å². The number of hydrogen-bond acceptors (Lipinski definition) is 2. The van der Waals surface area contributed by atoms with E-state index in [1.807, 2.05) is 0 Å². The van der Waals surface area contributed by atoms with E-state index in [2.05, 4.69) is 11.6 Å². The first-order valence-electron chi connectivity index (χ1n) is 6.27. The lowest BCUT2D eigenvalue weighted by Crippen LogP contribution is -2.40. The van der Waals surface area contributed by atoms with Crippen molar-refractivity contribution < 1.29 is 8.42 Å². The molecule has 2 rings (SSSR count). The Bertz CT molecular complexity index is 515. The molecule has 1 aromatic carbocycles. The van der Waals surface area contributed by atoms with Crippen molar-refractivity contribution in [3.05, 3.63) is 29.3 Å². The number of sulfonamides is 1. The molecule has 1 N–H and O–H groups in total. The van der Waals surface area contributed by atoms with E-state index < -0.39 is 10.0 Å². The van der Waals surface area contributed by atoms with Crippen molar-refractivity contribution in [2.24, 2.45) is 5.92 Å². The predicted octanol–water partition coefficient (Wildman–Crippen LogP) is 3.20. The molecule has 1 saturated carbocycles. The molecule has 0 aromatic heterocycles. The number of nitrogens with one attached hydrogen (secondary N) is 1. The number of rotatable bonds is 3. The summed E-state index contributed by atoms with van der Waals surface area (Å²) >= 11 is 5.83. The lowest BCUT2D eigenvalue weighted by molar-refractivity contribution is 0.310. The summed E-state index contributed by atoms with van der Waals surface area (Å²) in [4.78, 5) is 0.243. The summed E-state index contributed by atoms with van der Waals surface area (Å²) in [5.41, 5.74) is 0. The van der Waals surface area contributed by atoms with Crippen LogP contribution in [0.25, 0.3) is 0 Å². The molecule has 0 spiro atoms. The Balaban J connectivity index is 2.16. The molecular formula is C13H18ClNO2S. The van der Waals surface area contributed by atoms with Crippen LogP contribution in [0.2, 0.25) is 5.02 Å². The normalized spacial score (nSPS) is 25.0. The second-order valence-electron chi connectivity index (χ2n) is 4.95. The fourth-order valence-electron chi connectivity index (χ4n) is 2.39. The molecule has 0 amide bonds. The maximum absolute atomic E-state index is 12.2. The van der Waals surface area contributed by atoms with E-state index in [4.69, 9.17) is 11.6 Å². The van der Waals surface area contributed by atoms with Crippen molar-refractivity contribution in [3.63, 3.8) is 0 Å². The van der Waals surface area contributed by atoms with E-state index in [9.17, 15) is 8.42 Å². The van der Waals surface area contributed by atoms with Crippen molar-refractivity contribution in [1.29, 1.82) is 0 Å². The van der Waals surface area contributed by atoms with Gasteiger partial charge in [-0.15, -0.1) is 0 Å². The lowest BCUT2D eigenvalue weighted by atomic mass is 9.87. The Morgan fingerprint density at radius 3 is 2.67 bits per heavy atom. The first kappa shape index (κ1) is 13.8. The molecule has 1 aliphatic carbocycles. The first-order valence-corrected chi connectivity index (χ1v) is 8.13. The summed E-state index contributed by atoms with van der Waals surface area (Å²) in [6.45, 7) is 2.10. The molecule has 5 heteroatoms. The summed E-state index contributed by atoms with van der Waals surface area (Å²) < 4.78 is 27.3.